The third-order valence-corrected chi connectivity index (χ3v) is 2.91. The van der Waals surface area contributed by atoms with Crippen LogP contribution in [0.1, 0.15) is 12.8 Å². The Morgan fingerprint density at radius 3 is 2.83 bits per heavy atom. The molecule has 0 unspecified atom stereocenters. The highest BCUT2D eigenvalue weighted by Gasteiger charge is 2.37. The van der Waals surface area contributed by atoms with Gasteiger partial charge in [-0.3, -0.25) is 9.69 Å². The molecule has 1 amide bonds. The van der Waals surface area contributed by atoms with Crippen LogP contribution in [0, 0.1) is 5.82 Å². The van der Waals surface area contributed by atoms with Crippen LogP contribution >= 0.6 is 0 Å². The zero-order valence-corrected chi connectivity index (χ0v) is 9.72. The fraction of sp³-hybridized carbons (Fsp3) is 0.333. The predicted octanol–water partition coefficient (Wildman–Crippen LogP) is 1.41. The van der Waals surface area contributed by atoms with Crippen molar-refractivity contribution in [2.75, 3.05) is 12.0 Å². The van der Waals surface area contributed by atoms with Gasteiger partial charge in [-0.1, -0.05) is 0 Å². The van der Waals surface area contributed by atoms with Crippen molar-refractivity contribution in [1.29, 1.82) is 0 Å². The first-order valence-corrected chi connectivity index (χ1v) is 5.43. The molecule has 1 N–H and O–H groups in total. The number of carbonyl (C=O) groups is 2. The molecule has 2 rings (SSSR count). The van der Waals surface area contributed by atoms with Gasteiger partial charge in [-0.05, 0) is 18.6 Å². The van der Waals surface area contributed by atoms with E-state index in [1.54, 1.807) is 0 Å². The third kappa shape index (κ3) is 2.01. The Balaban J connectivity index is 2.37. The minimum atomic E-state index is -1.09. The molecule has 1 heterocycles. The van der Waals surface area contributed by atoms with Gasteiger partial charge >= 0.3 is 5.97 Å². The molecule has 1 aliphatic rings. The van der Waals surface area contributed by atoms with Crippen LogP contribution in [0.25, 0.3) is 0 Å². The van der Waals surface area contributed by atoms with E-state index >= 15 is 0 Å². The molecule has 96 valence electrons. The highest BCUT2D eigenvalue weighted by molar-refractivity contribution is 6.02. The van der Waals surface area contributed by atoms with Gasteiger partial charge in [0.2, 0.25) is 5.91 Å². The maximum atomic E-state index is 13.5. The number of methoxy groups -OCH3 is 1. The van der Waals surface area contributed by atoms with E-state index in [-0.39, 0.29) is 30.2 Å². The summed E-state index contributed by atoms with van der Waals surface area (Å²) >= 11 is 0. The Morgan fingerprint density at radius 2 is 2.28 bits per heavy atom. The van der Waals surface area contributed by atoms with Crippen molar-refractivity contribution in [3.8, 4) is 5.75 Å². The molecule has 1 aromatic rings. The number of rotatable bonds is 3. The van der Waals surface area contributed by atoms with Gasteiger partial charge in [-0.2, -0.15) is 0 Å². The van der Waals surface area contributed by atoms with Gasteiger partial charge in [0.05, 0.1) is 7.11 Å². The van der Waals surface area contributed by atoms with Crippen molar-refractivity contribution in [2.24, 2.45) is 0 Å². The second-order valence-corrected chi connectivity index (χ2v) is 3.98. The minimum Gasteiger partial charge on any atom is -0.494 e. The Morgan fingerprint density at radius 1 is 1.56 bits per heavy atom. The highest BCUT2D eigenvalue weighted by Crippen LogP contribution is 2.30. The molecule has 0 aliphatic carbocycles. The summed E-state index contributed by atoms with van der Waals surface area (Å²) in [7, 11) is 1.33. The summed E-state index contributed by atoms with van der Waals surface area (Å²) < 4.78 is 18.3. The lowest BCUT2D eigenvalue weighted by molar-refractivity contribution is -0.138. The average molecular weight is 253 g/mol. The zero-order chi connectivity index (χ0) is 13.3. The van der Waals surface area contributed by atoms with E-state index in [9.17, 15) is 14.0 Å². The van der Waals surface area contributed by atoms with Crippen molar-refractivity contribution in [3.63, 3.8) is 0 Å². The molecule has 1 aromatic carbocycles. The molecular weight excluding hydrogens is 241 g/mol. The normalized spacial score (nSPS) is 19.1. The number of anilines is 1. The zero-order valence-electron chi connectivity index (χ0n) is 9.72. The number of hydrogen-bond donors (Lipinski definition) is 1. The van der Waals surface area contributed by atoms with E-state index in [0.717, 1.165) is 11.0 Å². The lowest BCUT2D eigenvalue weighted by Crippen LogP contribution is -2.38. The summed E-state index contributed by atoms with van der Waals surface area (Å²) in [5.41, 5.74) is 0.239. The fourth-order valence-electron chi connectivity index (χ4n) is 2.05. The number of carboxylic acid groups (broad SMARTS) is 1. The monoisotopic (exact) mass is 253 g/mol. The maximum absolute atomic E-state index is 13.5. The Labute approximate surface area is 103 Å². The molecule has 6 heteroatoms. The number of nitrogens with zero attached hydrogens (tertiary/aromatic N) is 1. The summed E-state index contributed by atoms with van der Waals surface area (Å²) in [6.45, 7) is 0. The van der Waals surface area contributed by atoms with Gasteiger partial charge in [0.25, 0.3) is 0 Å². The van der Waals surface area contributed by atoms with Crippen LogP contribution in [0.15, 0.2) is 18.2 Å². The van der Waals surface area contributed by atoms with E-state index in [0.29, 0.717) is 0 Å². The van der Waals surface area contributed by atoms with E-state index in [1.165, 1.54) is 19.2 Å². The van der Waals surface area contributed by atoms with E-state index in [1.807, 2.05) is 0 Å². The second-order valence-electron chi connectivity index (χ2n) is 3.98. The molecule has 1 saturated heterocycles. The van der Waals surface area contributed by atoms with Crippen molar-refractivity contribution in [3.05, 3.63) is 24.0 Å². The van der Waals surface area contributed by atoms with Crippen LogP contribution in [0.3, 0.4) is 0 Å². The third-order valence-electron chi connectivity index (χ3n) is 2.91. The van der Waals surface area contributed by atoms with E-state index in [2.05, 4.69) is 0 Å². The Kier molecular flexibility index (Phi) is 3.18. The highest BCUT2D eigenvalue weighted by atomic mass is 19.1. The number of benzene rings is 1. The number of carboxylic acids is 1. The molecule has 0 bridgehead atoms. The molecule has 1 aliphatic heterocycles. The van der Waals surface area contributed by atoms with Gasteiger partial charge in [0.15, 0.2) is 11.6 Å². The van der Waals surface area contributed by atoms with Crippen molar-refractivity contribution < 1.29 is 23.8 Å². The number of ether oxygens (including phenoxy) is 1. The van der Waals surface area contributed by atoms with Crippen molar-refractivity contribution in [2.45, 2.75) is 18.9 Å². The largest absolute Gasteiger partial charge is 0.494 e. The number of carbonyl (C=O) groups excluding carboxylic acids is 1. The topological polar surface area (TPSA) is 66.8 Å². The summed E-state index contributed by atoms with van der Waals surface area (Å²) in [4.78, 5) is 23.8. The molecular formula is C12H12FNO4. The SMILES string of the molecule is COc1ccc(N2C(=O)CC[C@H]2C(=O)O)cc1F. The first-order valence-electron chi connectivity index (χ1n) is 5.43. The maximum Gasteiger partial charge on any atom is 0.326 e. The van der Waals surface area contributed by atoms with E-state index in [4.69, 9.17) is 9.84 Å². The Bertz CT molecular complexity index is 503. The lowest BCUT2D eigenvalue weighted by atomic mass is 10.2. The van der Waals surface area contributed by atoms with Crippen molar-refractivity contribution >= 4 is 17.6 Å². The van der Waals surface area contributed by atoms with Gasteiger partial charge < -0.3 is 9.84 Å². The minimum absolute atomic E-state index is 0.0530. The van der Waals surface area contributed by atoms with E-state index < -0.39 is 17.8 Å². The van der Waals surface area contributed by atoms with Gasteiger partial charge in [-0.15, -0.1) is 0 Å². The summed E-state index contributed by atoms with van der Waals surface area (Å²) in [6, 6.07) is 3.03. The molecule has 1 atom stereocenters. The standard InChI is InChI=1S/C12H12FNO4/c1-18-10-4-2-7(6-8(10)13)14-9(12(16)17)3-5-11(14)15/h2,4,6,9H,3,5H2,1H3,(H,16,17)/t9-/m0/s1. The van der Waals surface area contributed by atoms with Gasteiger partial charge in [-0.25, -0.2) is 9.18 Å². The molecule has 0 spiro atoms. The lowest BCUT2D eigenvalue weighted by Gasteiger charge is -2.22. The summed E-state index contributed by atoms with van der Waals surface area (Å²) in [6.07, 6.45) is 0.395. The molecule has 1 fully saturated rings. The van der Waals surface area contributed by atoms with Crippen LogP contribution in [0.5, 0.6) is 5.75 Å². The van der Waals surface area contributed by atoms with Crippen LogP contribution < -0.4 is 9.64 Å². The van der Waals surface area contributed by atoms with Gasteiger partial charge in [0.1, 0.15) is 6.04 Å². The number of halogens is 1. The quantitative estimate of drug-likeness (QED) is 0.884. The fourth-order valence-corrected chi connectivity index (χ4v) is 2.05. The number of hydrogen-bond acceptors (Lipinski definition) is 3. The molecule has 5 nitrogen and oxygen atoms in total. The van der Waals surface area contributed by atoms with Crippen LogP contribution in [0.4, 0.5) is 10.1 Å². The molecule has 18 heavy (non-hydrogen) atoms. The van der Waals surface area contributed by atoms with Crippen LogP contribution in [-0.2, 0) is 9.59 Å². The van der Waals surface area contributed by atoms with Crippen LogP contribution in [0.2, 0.25) is 0 Å². The van der Waals surface area contributed by atoms with Gasteiger partial charge in [0, 0.05) is 18.2 Å². The molecule has 0 saturated carbocycles. The molecule has 0 aromatic heterocycles. The summed E-state index contributed by atoms with van der Waals surface area (Å²) in [5.74, 6) is -1.97. The first-order chi connectivity index (χ1) is 8.54. The predicted molar refractivity (Wildman–Crippen MR) is 61.1 cm³/mol. The average Bonchev–Trinajstić information content (AvgIpc) is 2.71. The van der Waals surface area contributed by atoms with Crippen molar-refractivity contribution in [1.82, 2.24) is 0 Å². The summed E-state index contributed by atoms with van der Waals surface area (Å²) in [5, 5.41) is 9.02. The smallest absolute Gasteiger partial charge is 0.326 e. The number of amides is 1. The van der Waals surface area contributed by atoms with Crippen LogP contribution in [-0.4, -0.2) is 30.1 Å². The first kappa shape index (κ1) is 12.3. The number of aliphatic carboxylic acids is 1. The Hall–Kier alpha value is -2.11. The molecule has 0 radical (unpaired) electrons. The second kappa shape index (κ2) is 4.64.